The topological polar surface area (TPSA) is 17.1 Å². The number of carbonyl (C=O) groups is 1. The summed E-state index contributed by atoms with van der Waals surface area (Å²) in [5.74, 6) is 1.19. The van der Waals surface area contributed by atoms with Gasteiger partial charge in [0.1, 0.15) is 5.78 Å². The van der Waals surface area contributed by atoms with Gasteiger partial charge >= 0.3 is 0 Å². The number of rotatable bonds is 0. The lowest BCUT2D eigenvalue weighted by Gasteiger charge is -2.30. The molecule has 2 aliphatic carbocycles. The van der Waals surface area contributed by atoms with Gasteiger partial charge in [0.15, 0.2) is 0 Å². The fraction of sp³-hybridized carbons (Fsp3) is 0.909. The first-order valence-electron chi connectivity index (χ1n) is 5.00. The Balaban J connectivity index is 2.35. The van der Waals surface area contributed by atoms with E-state index in [-0.39, 0.29) is 5.41 Å². The van der Waals surface area contributed by atoms with Crippen molar-refractivity contribution < 1.29 is 4.79 Å². The number of Topliss-reactive ketones (excluding diaryl/α,β-unsaturated/α-hetero) is 1. The Morgan fingerprint density at radius 1 is 1.25 bits per heavy atom. The van der Waals surface area contributed by atoms with Crippen LogP contribution in [0.3, 0.4) is 0 Å². The van der Waals surface area contributed by atoms with Crippen LogP contribution in [0.1, 0.15) is 46.5 Å². The van der Waals surface area contributed by atoms with Crippen molar-refractivity contribution in [2.24, 2.45) is 16.7 Å². The molecule has 0 unspecified atom stereocenters. The number of ketones is 1. The molecule has 2 atom stereocenters. The molecule has 0 saturated heterocycles. The zero-order valence-electron chi connectivity index (χ0n) is 8.31. The summed E-state index contributed by atoms with van der Waals surface area (Å²) in [6.45, 7) is 6.82. The fourth-order valence-electron chi connectivity index (χ4n) is 3.40. The monoisotopic (exact) mass is 166 g/mol. The Bertz CT molecular complexity index is 229. The molecule has 68 valence electrons. The summed E-state index contributed by atoms with van der Waals surface area (Å²) >= 11 is 0. The highest BCUT2D eigenvalue weighted by Gasteiger charge is 2.56. The first-order valence-corrected chi connectivity index (χ1v) is 5.00. The molecule has 0 amide bonds. The Morgan fingerprint density at radius 2 is 1.92 bits per heavy atom. The van der Waals surface area contributed by atoms with Gasteiger partial charge in [-0.25, -0.2) is 0 Å². The van der Waals surface area contributed by atoms with E-state index in [4.69, 9.17) is 0 Å². The van der Waals surface area contributed by atoms with Crippen LogP contribution in [0.2, 0.25) is 0 Å². The van der Waals surface area contributed by atoms with E-state index in [9.17, 15) is 4.79 Å². The molecule has 1 nitrogen and oxygen atoms in total. The minimum Gasteiger partial charge on any atom is -0.299 e. The summed E-state index contributed by atoms with van der Waals surface area (Å²) < 4.78 is 0. The normalized spacial score (nSPS) is 44.9. The van der Waals surface area contributed by atoms with E-state index in [1.54, 1.807) is 0 Å². The van der Waals surface area contributed by atoms with E-state index in [1.165, 1.54) is 6.42 Å². The van der Waals surface area contributed by atoms with Crippen molar-refractivity contribution in [1.29, 1.82) is 0 Å². The molecule has 0 aliphatic heterocycles. The van der Waals surface area contributed by atoms with Crippen molar-refractivity contribution in [3.8, 4) is 0 Å². The standard InChI is InChI=1S/C11H18O/c1-10(2)6-7-11(3)8(10)4-5-9(11)12/h8H,4-7H2,1-3H3/t8-,11+/m1/s1. The lowest BCUT2D eigenvalue weighted by atomic mass is 9.73. The average molecular weight is 166 g/mol. The lowest BCUT2D eigenvalue weighted by Crippen LogP contribution is -2.28. The van der Waals surface area contributed by atoms with Gasteiger partial charge in [-0.15, -0.1) is 0 Å². The summed E-state index contributed by atoms with van der Waals surface area (Å²) in [4.78, 5) is 11.7. The fourth-order valence-corrected chi connectivity index (χ4v) is 3.40. The van der Waals surface area contributed by atoms with Crippen molar-refractivity contribution in [2.75, 3.05) is 0 Å². The zero-order chi connectivity index (χ0) is 8.98. The van der Waals surface area contributed by atoms with E-state index in [0.717, 1.165) is 19.3 Å². The van der Waals surface area contributed by atoms with Gasteiger partial charge in [-0.2, -0.15) is 0 Å². The summed E-state index contributed by atoms with van der Waals surface area (Å²) in [6.07, 6.45) is 4.34. The molecule has 1 heteroatoms. The maximum absolute atomic E-state index is 11.7. The van der Waals surface area contributed by atoms with Crippen LogP contribution in [-0.4, -0.2) is 5.78 Å². The van der Waals surface area contributed by atoms with Crippen LogP contribution >= 0.6 is 0 Å². The Kier molecular flexibility index (Phi) is 1.47. The molecule has 0 bridgehead atoms. The van der Waals surface area contributed by atoms with Crippen LogP contribution in [0, 0.1) is 16.7 Å². The molecule has 2 fully saturated rings. The van der Waals surface area contributed by atoms with Crippen molar-refractivity contribution >= 4 is 5.78 Å². The summed E-state index contributed by atoms with van der Waals surface area (Å²) in [6, 6.07) is 0. The second-order valence-electron chi connectivity index (χ2n) is 5.42. The predicted molar refractivity (Wildman–Crippen MR) is 48.9 cm³/mol. The van der Waals surface area contributed by atoms with Gasteiger partial charge in [-0.3, -0.25) is 4.79 Å². The molecule has 0 aromatic rings. The summed E-state index contributed by atoms with van der Waals surface area (Å²) in [7, 11) is 0. The Labute approximate surface area is 74.5 Å². The van der Waals surface area contributed by atoms with Crippen LogP contribution < -0.4 is 0 Å². The van der Waals surface area contributed by atoms with Crippen molar-refractivity contribution in [3.05, 3.63) is 0 Å². The molecule has 0 aromatic heterocycles. The average Bonchev–Trinajstić information content (AvgIpc) is 2.37. The second-order valence-corrected chi connectivity index (χ2v) is 5.42. The lowest BCUT2D eigenvalue weighted by molar-refractivity contribution is -0.126. The number of hydrogen-bond acceptors (Lipinski definition) is 1. The zero-order valence-corrected chi connectivity index (χ0v) is 8.31. The van der Waals surface area contributed by atoms with Crippen molar-refractivity contribution in [3.63, 3.8) is 0 Å². The Morgan fingerprint density at radius 3 is 2.50 bits per heavy atom. The summed E-state index contributed by atoms with van der Waals surface area (Å²) in [5, 5.41) is 0. The quantitative estimate of drug-likeness (QED) is 0.541. The third-order valence-electron chi connectivity index (χ3n) is 4.30. The van der Waals surface area contributed by atoms with Crippen LogP contribution in [-0.2, 0) is 4.79 Å². The molecule has 0 heterocycles. The summed E-state index contributed by atoms with van der Waals surface area (Å²) in [5.41, 5.74) is 0.477. The van der Waals surface area contributed by atoms with Gasteiger partial charge in [0.2, 0.25) is 0 Å². The Hall–Kier alpha value is -0.330. The highest BCUT2D eigenvalue weighted by molar-refractivity contribution is 5.87. The van der Waals surface area contributed by atoms with Gasteiger partial charge in [-0.05, 0) is 30.6 Å². The van der Waals surface area contributed by atoms with E-state index >= 15 is 0 Å². The van der Waals surface area contributed by atoms with E-state index in [2.05, 4.69) is 20.8 Å². The van der Waals surface area contributed by atoms with Crippen LogP contribution in [0.5, 0.6) is 0 Å². The SMILES string of the molecule is CC1(C)CC[C@]2(C)C(=O)CC[C@H]12. The molecular formula is C11H18O. The molecule has 0 radical (unpaired) electrons. The maximum atomic E-state index is 11.7. The minimum atomic E-state index is 0.0590. The largest absolute Gasteiger partial charge is 0.299 e. The molecule has 2 saturated carbocycles. The van der Waals surface area contributed by atoms with Crippen LogP contribution in [0.25, 0.3) is 0 Å². The first-order chi connectivity index (χ1) is 5.47. The molecule has 0 N–H and O–H groups in total. The number of hydrogen-bond donors (Lipinski definition) is 0. The van der Waals surface area contributed by atoms with Crippen LogP contribution in [0.4, 0.5) is 0 Å². The van der Waals surface area contributed by atoms with Gasteiger partial charge < -0.3 is 0 Å². The van der Waals surface area contributed by atoms with E-state index in [1.807, 2.05) is 0 Å². The highest BCUT2D eigenvalue weighted by Crippen LogP contribution is 2.60. The molecule has 0 spiro atoms. The molecule has 12 heavy (non-hydrogen) atoms. The molecule has 2 aliphatic rings. The van der Waals surface area contributed by atoms with Gasteiger partial charge in [0.25, 0.3) is 0 Å². The first kappa shape index (κ1) is 8.28. The van der Waals surface area contributed by atoms with Gasteiger partial charge in [0, 0.05) is 11.8 Å². The second kappa shape index (κ2) is 2.12. The van der Waals surface area contributed by atoms with Gasteiger partial charge in [0.05, 0.1) is 0 Å². The molecule has 2 rings (SSSR count). The third-order valence-corrected chi connectivity index (χ3v) is 4.30. The number of fused-ring (bicyclic) bond motifs is 1. The van der Waals surface area contributed by atoms with Gasteiger partial charge in [-0.1, -0.05) is 20.8 Å². The third kappa shape index (κ3) is 0.826. The molecular weight excluding hydrogens is 148 g/mol. The highest BCUT2D eigenvalue weighted by atomic mass is 16.1. The van der Waals surface area contributed by atoms with Crippen LogP contribution in [0.15, 0.2) is 0 Å². The minimum absolute atomic E-state index is 0.0590. The smallest absolute Gasteiger partial charge is 0.139 e. The predicted octanol–water partition coefficient (Wildman–Crippen LogP) is 2.79. The van der Waals surface area contributed by atoms with E-state index < -0.39 is 0 Å². The maximum Gasteiger partial charge on any atom is 0.139 e. The number of carbonyl (C=O) groups excluding carboxylic acids is 1. The molecule has 0 aromatic carbocycles. The van der Waals surface area contributed by atoms with E-state index in [0.29, 0.717) is 17.1 Å². The van der Waals surface area contributed by atoms with Crippen molar-refractivity contribution in [2.45, 2.75) is 46.5 Å². The van der Waals surface area contributed by atoms with Crippen molar-refractivity contribution in [1.82, 2.24) is 0 Å².